The van der Waals surface area contributed by atoms with Gasteiger partial charge in [-0.15, -0.1) is 11.3 Å². The minimum Gasteiger partial charge on any atom is -0.355 e. The minimum absolute atomic E-state index is 0.0935. The third-order valence-electron chi connectivity index (χ3n) is 4.49. The van der Waals surface area contributed by atoms with Crippen LogP contribution in [0.15, 0.2) is 22.3 Å². The van der Waals surface area contributed by atoms with Gasteiger partial charge in [0.25, 0.3) is 5.56 Å². The van der Waals surface area contributed by atoms with E-state index in [4.69, 9.17) is 0 Å². The Morgan fingerprint density at radius 1 is 1.33 bits per heavy atom. The van der Waals surface area contributed by atoms with E-state index in [1.165, 1.54) is 16.0 Å². The lowest BCUT2D eigenvalue weighted by molar-refractivity contribution is -0.121. The molecule has 0 bridgehead atoms. The van der Waals surface area contributed by atoms with E-state index in [0.29, 0.717) is 12.1 Å². The van der Waals surface area contributed by atoms with E-state index in [1.54, 1.807) is 11.3 Å². The Morgan fingerprint density at radius 3 is 2.85 bits per heavy atom. The van der Waals surface area contributed by atoms with Crippen LogP contribution in [0.4, 0.5) is 5.13 Å². The first kappa shape index (κ1) is 18.1. The number of carbonyl (C=O) groups is 1. The molecule has 27 heavy (non-hydrogen) atoms. The molecule has 0 atom stereocenters. The van der Waals surface area contributed by atoms with E-state index >= 15 is 0 Å². The van der Waals surface area contributed by atoms with Gasteiger partial charge in [0.05, 0.1) is 9.58 Å². The highest BCUT2D eigenvalue weighted by atomic mass is 32.1. The fourth-order valence-electron chi connectivity index (χ4n) is 3.13. The molecule has 0 radical (unpaired) electrons. The average molecular weight is 404 g/mol. The average Bonchev–Trinajstić information content (AvgIpc) is 3.41. The number of nitrogens with zero attached hydrogens (tertiary/aromatic N) is 4. The van der Waals surface area contributed by atoms with Crippen LogP contribution in [0.2, 0.25) is 0 Å². The molecule has 1 aliphatic rings. The lowest BCUT2D eigenvalue weighted by Crippen LogP contribution is -2.34. The van der Waals surface area contributed by atoms with Crippen LogP contribution in [0.25, 0.3) is 20.8 Å². The van der Waals surface area contributed by atoms with E-state index in [0.717, 1.165) is 52.8 Å². The molecule has 0 unspecified atom stereocenters. The van der Waals surface area contributed by atoms with Gasteiger partial charge in [-0.25, -0.2) is 9.67 Å². The van der Waals surface area contributed by atoms with Gasteiger partial charge in [0.1, 0.15) is 12.2 Å². The first-order valence-electron chi connectivity index (χ1n) is 9.14. The summed E-state index contributed by atoms with van der Waals surface area (Å²) in [7, 11) is 0. The number of hydrogen-bond donors (Lipinski definition) is 1. The van der Waals surface area contributed by atoms with Crippen molar-refractivity contribution in [3.8, 4) is 10.6 Å². The van der Waals surface area contributed by atoms with Crippen molar-refractivity contribution in [1.82, 2.24) is 20.1 Å². The van der Waals surface area contributed by atoms with Crippen molar-refractivity contribution in [2.24, 2.45) is 0 Å². The molecule has 1 amide bonds. The molecule has 4 heterocycles. The molecule has 1 aliphatic heterocycles. The van der Waals surface area contributed by atoms with Gasteiger partial charge in [0.15, 0.2) is 10.6 Å². The predicted molar refractivity (Wildman–Crippen MR) is 110 cm³/mol. The van der Waals surface area contributed by atoms with Crippen molar-refractivity contribution >= 4 is 43.9 Å². The number of hydrogen-bond acceptors (Lipinski definition) is 7. The largest absolute Gasteiger partial charge is 0.355 e. The van der Waals surface area contributed by atoms with Gasteiger partial charge in [-0.2, -0.15) is 5.10 Å². The zero-order valence-electron chi connectivity index (χ0n) is 15.1. The molecule has 0 aromatic carbocycles. The molecule has 142 valence electrons. The Hall–Kier alpha value is -2.26. The highest BCUT2D eigenvalue weighted by Crippen LogP contribution is 2.36. The Morgan fingerprint density at radius 2 is 2.15 bits per heavy atom. The van der Waals surface area contributed by atoms with Crippen molar-refractivity contribution in [3.63, 3.8) is 0 Å². The predicted octanol–water partition coefficient (Wildman–Crippen LogP) is 2.71. The minimum atomic E-state index is -0.307. The fourth-order valence-corrected chi connectivity index (χ4v) is 5.02. The lowest BCUT2D eigenvalue weighted by Gasteiger charge is -2.11. The van der Waals surface area contributed by atoms with Crippen molar-refractivity contribution in [3.05, 3.63) is 27.9 Å². The Labute approximate surface area is 164 Å². The maximum Gasteiger partial charge on any atom is 0.294 e. The van der Waals surface area contributed by atoms with Gasteiger partial charge in [0, 0.05) is 19.6 Å². The number of amides is 1. The molecule has 1 fully saturated rings. The standard InChI is InChI=1S/C18H21N5O2S2/c1-2-7-19-13(24)11-23-17(25)15-16(14(21-23)12-6-5-10-26-12)27-18(20-15)22-8-3-4-9-22/h5-6,10H,2-4,7-9,11H2,1H3,(H,19,24). The highest BCUT2D eigenvalue weighted by Gasteiger charge is 2.22. The van der Waals surface area contributed by atoms with Gasteiger partial charge in [-0.3, -0.25) is 9.59 Å². The van der Waals surface area contributed by atoms with Crippen molar-refractivity contribution in [2.45, 2.75) is 32.7 Å². The number of fused-ring (bicyclic) bond motifs is 1. The second kappa shape index (κ2) is 7.77. The summed E-state index contributed by atoms with van der Waals surface area (Å²) in [6, 6.07) is 3.94. The summed E-state index contributed by atoms with van der Waals surface area (Å²) >= 11 is 3.09. The molecule has 0 aliphatic carbocycles. The summed E-state index contributed by atoms with van der Waals surface area (Å²) in [5.41, 5.74) is 0.827. The van der Waals surface area contributed by atoms with Gasteiger partial charge in [0.2, 0.25) is 5.91 Å². The van der Waals surface area contributed by atoms with Crippen LogP contribution in [0.5, 0.6) is 0 Å². The molecule has 0 saturated carbocycles. The first-order chi connectivity index (χ1) is 13.2. The van der Waals surface area contributed by atoms with Crippen molar-refractivity contribution in [2.75, 3.05) is 24.5 Å². The first-order valence-corrected chi connectivity index (χ1v) is 10.8. The number of carbonyl (C=O) groups excluding carboxylic acids is 1. The Balaban J connectivity index is 1.80. The van der Waals surface area contributed by atoms with Crippen molar-refractivity contribution in [1.29, 1.82) is 0 Å². The quantitative estimate of drug-likeness (QED) is 0.684. The van der Waals surface area contributed by atoms with Gasteiger partial charge < -0.3 is 10.2 Å². The highest BCUT2D eigenvalue weighted by molar-refractivity contribution is 7.23. The van der Waals surface area contributed by atoms with E-state index < -0.39 is 0 Å². The zero-order chi connectivity index (χ0) is 18.8. The molecule has 4 rings (SSSR count). The Bertz CT molecular complexity index is 1000. The molecular formula is C18H21N5O2S2. The molecular weight excluding hydrogens is 382 g/mol. The molecule has 3 aromatic rings. The summed E-state index contributed by atoms with van der Waals surface area (Å²) in [6.07, 6.45) is 3.14. The summed E-state index contributed by atoms with van der Waals surface area (Å²) < 4.78 is 2.05. The SMILES string of the molecule is CCCNC(=O)Cn1nc(-c2cccs2)c2sc(N3CCCC3)nc2c1=O. The smallest absolute Gasteiger partial charge is 0.294 e. The van der Waals surface area contributed by atoms with Crippen LogP contribution in [0.1, 0.15) is 26.2 Å². The van der Waals surface area contributed by atoms with Crippen LogP contribution in [0.3, 0.4) is 0 Å². The topological polar surface area (TPSA) is 80.1 Å². The van der Waals surface area contributed by atoms with E-state index in [1.807, 2.05) is 24.4 Å². The number of thiazole rings is 1. The molecule has 7 nitrogen and oxygen atoms in total. The molecule has 1 N–H and O–H groups in total. The van der Waals surface area contributed by atoms with E-state index in [-0.39, 0.29) is 18.0 Å². The number of nitrogens with one attached hydrogen (secondary N) is 1. The number of thiophene rings is 1. The summed E-state index contributed by atoms with van der Waals surface area (Å²) in [4.78, 5) is 32.9. The van der Waals surface area contributed by atoms with Gasteiger partial charge in [-0.1, -0.05) is 24.3 Å². The zero-order valence-corrected chi connectivity index (χ0v) is 16.7. The number of anilines is 1. The van der Waals surface area contributed by atoms with Crippen LogP contribution in [-0.2, 0) is 11.3 Å². The molecule has 9 heteroatoms. The monoisotopic (exact) mass is 403 g/mol. The fraction of sp³-hybridized carbons (Fsp3) is 0.444. The number of rotatable bonds is 6. The van der Waals surface area contributed by atoms with E-state index in [2.05, 4.69) is 20.3 Å². The Kier molecular flexibility index (Phi) is 5.22. The van der Waals surface area contributed by atoms with Gasteiger partial charge >= 0.3 is 0 Å². The van der Waals surface area contributed by atoms with Crippen LogP contribution in [0, 0.1) is 0 Å². The summed E-state index contributed by atoms with van der Waals surface area (Å²) in [5.74, 6) is -0.210. The van der Waals surface area contributed by atoms with E-state index in [9.17, 15) is 9.59 Å². The van der Waals surface area contributed by atoms with Crippen LogP contribution >= 0.6 is 22.7 Å². The molecule has 0 spiro atoms. The molecule has 3 aromatic heterocycles. The third kappa shape index (κ3) is 3.61. The molecule has 1 saturated heterocycles. The summed E-state index contributed by atoms with van der Waals surface area (Å²) in [5, 5.41) is 10.2. The number of aromatic nitrogens is 3. The summed E-state index contributed by atoms with van der Waals surface area (Å²) in [6.45, 7) is 4.42. The van der Waals surface area contributed by atoms with Gasteiger partial charge in [-0.05, 0) is 30.7 Å². The third-order valence-corrected chi connectivity index (χ3v) is 6.48. The normalized spacial score (nSPS) is 14.2. The maximum absolute atomic E-state index is 12.9. The maximum atomic E-state index is 12.9. The van der Waals surface area contributed by atoms with Crippen molar-refractivity contribution < 1.29 is 4.79 Å². The van der Waals surface area contributed by atoms with Crippen LogP contribution < -0.4 is 15.8 Å². The second-order valence-corrected chi connectivity index (χ2v) is 8.43. The lowest BCUT2D eigenvalue weighted by atomic mass is 10.3. The second-order valence-electron chi connectivity index (χ2n) is 6.51. The van der Waals surface area contributed by atoms with Crippen LogP contribution in [-0.4, -0.2) is 40.3 Å².